The highest BCUT2D eigenvalue weighted by Crippen LogP contribution is 2.38. The van der Waals surface area contributed by atoms with Crippen molar-refractivity contribution in [1.29, 1.82) is 0 Å². The molecule has 1 aliphatic carbocycles. The molecule has 0 spiro atoms. The number of carbonyl (C=O) groups is 1. The van der Waals surface area contributed by atoms with Gasteiger partial charge < -0.3 is 4.74 Å². The third-order valence-corrected chi connectivity index (χ3v) is 7.11. The summed E-state index contributed by atoms with van der Waals surface area (Å²) in [5.41, 5.74) is 1.72. The molecule has 7 heteroatoms. The zero-order valence-electron chi connectivity index (χ0n) is 16.3. The first-order valence-corrected chi connectivity index (χ1v) is 11.9. The van der Waals surface area contributed by atoms with E-state index >= 15 is 0 Å². The summed E-state index contributed by atoms with van der Waals surface area (Å²) in [5.74, 6) is 0.639. The fraction of sp³-hybridized carbons (Fsp3) is 0.304. The van der Waals surface area contributed by atoms with Crippen molar-refractivity contribution < 1.29 is 9.53 Å². The average molecular weight is 478 g/mol. The Morgan fingerprint density at radius 3 is 2.63 bits per heavy atom. The Morgan fingerprint density at radius 2 is 1.87 bits per heavy atom. The zero-order valence-corrected chi connectivity index (χ0v) is 19.4. The van der Waals surface area contributed by atoms with Gasteiger partial charge in [0.15, 0.2) is 0 Å². The first-order chi connectivity index (χ1) is 14.5. The number of carbonyl (C=O) groups excluding carboxylic acids is 1. The van der Waals surface area contributed by atoms with Gasteiger partial charge in [0, 0.05) is 21.7 Å². The molecule has 0 aromatic heterocycles. The quantitative estimate of drug-likeness (QED) is 0.339. The van der Waals surface area contributed by atoms with Crippen molar-refractivity contribution in [2.75, 3.05) is 0 Å². The standard InChI is InChI=1S/C23H21Cl2NO2S2/c24-17-6-4-5-15(11-17)14-28-20-10-9-18(25)12-16(20)13-21-22(27)26(23(29)30-21)19-7-2-1-3-8-19/h4-6,9-13,19H,1-3,7-8,14H2/b21-13-. The Balaban J connectivity index is 1.56. The van der Waals surface area contributed by atoms with Crippen LogP contribution < -0.4 is 4.74 Å². The van der Waals surface area contributed by atoms with Crippen LogP contribution in [-0.2, 0) is 11.4 Å². The molecule has 30 heavy (non-hydrogen) atoms. The Hall–Kier alpha value is -1.53. The minimum absolute atomic E-state index is 0.0160. The van der Waals surface area contributed by atoms with Crippen LogP contribution in [0.4, 0.5) is 0 Å². The lowest BCUT2D eigenvalue weighted by molar-refractivity contribution is -0.124. The van der Waals surface area contributed by atoms with E-state index in [9.17, 15) is 4.79 Å². The van der Waals surface area contributed by atoms with Crippen LogP contribution in [0.5, 0.6) is 5.75 Å². The molecule has 1 heterocycles. The van der Waals surface area contributed by atoms with Gasteiger partial charge in [-0.2, -0.15) is 0 Å². The number of rotatable bonds is 5. The maximum Gasteiger partial charge on any atom is 0.266 e. The molecule has 0 unspecified atom stereocenters. The number of ether oxygens (including phenoxy) is 1. The van der Waals surface area contributed by atoms with E-state index in [2.05, 4.69) is 0 Å². The second-order valence-corrected chi connectivity index (χ2v) is 9.99. The molecule has 1 saturated carbocycles. The van der Waals surface area contributed by atoms with Crippen LogP contribution in [0.3, 0.4) is 0 Å². The van der Waals surface area contributed by atoms with Crippen molar-refractivity contribution in [3.63, 3.8) is 0 Å². The van der Waals surface area contributed by atoms with Gasteiger partial charge in [-0.3, -0.25) is 9.69 Å². The molecular formula is C23H21Cl2NO2S2. The van der Waals surface area contributed by atoms with Crippen LogP contribution in [-0.4, -0.2) is 21.2 Å². The molecule has 2 fully saturated rings. The molecule has 156 valence electrons. The van der Waals surface area contributed by atoms with E-state index in [1.54, 1.807) is 6.07 Å². The Bertz CT molecular complexity index is 1000. The zero-order chi connectivity index (χ0) is 21.1. The highest BCUT2D eigenvalue weighted by Gasteiger charge is 2.37. The monoisotopic (exact) mass is 477 g/mol. The molecule has 2 aliphatic rings. The summed E-state index contributed by atoms with van der Waals surface area (Å²) >= 11 is 19.2. The Morgan fingerprint density at radius 1 is 1.10 bits per heavy atom. The molecule has 3 nitrogen and oxygen atoms in total. The van der Waals surface area contributed by atoms with Crippen molar-refractivity contribution in [2.45, 2.75) is 44.8 Å². The molecule has 1 amide bonds. The van der Waals surface area contributed by atoms with Gasteiger partial charge in [0.1, 0.15) is 16.7 Å². The van der Waals surface area contributed by atoms with Crippen LogP contribution in [0.2, 0.25) is 10.0 Å². The van der Waals surface area contributed by atoms with Crippen LogP contribution >= 0.6 is 47.2 Å². The number of thiocarbonyl (C=S) groups is 1. The van der Waals surface area contributed by atoms with Crippen LogP contribution in [0, 0.1) is 0 Å². The van der Waals surface area contributed by atoms with Gasteiger partial charge in [0.2, 0.25) is 0 Å². The normalized spacial score (nSPS) is 19.0. The van der Waals surface area contributed by atoms with Crippen LogP contribution in [0.1, 0.15) is 43.2 Å². The van der Waals surface area contributed by atoms with Gasteiger partial charge in [0.05, 0.1) is 4.91 Å². The van der Waals surface area contributed by atoms with Gasteiger partial charge in [-0.1, -0.05) is 78.6 Å². The Labute approximate surface area is 196 Å². The lowest BCUT2D eigenvalue weighted by atomic mass is 9.94. The molecule has 4 rings (SSSR count). The predicted octanol–water partition coefficient (Wildman–Crippen LogP) is 7.11. The molecule has 2 aromatic carbocycles. The molecule has 0 atom stereocenters. The van der Waals surface area contributed by atoms with Crippen molar-refractivity contribution in [3.8, 4) is 5.75 Å². The van der Waals surface area contributed by atoms with Crippen molar-refractivity contribution in [3.05, 3.63) is 68.5 Å². The summed E-state index contributed by atoms with van der Waals surface area (Å²) < 4.78 is 6.66. The first kappa shape index (κ1) is 21.7. The summed E-state index contributed by atoms with van der Waals surface area (Å²) in [5, 5.41) is 1.25. The number of thioether (sulfide) groups is 1. The van der Waals surface area contributed by atoms with E-state index in [-0.39, 0.29) is 11.9 Å². The van der Waals surface area contributed by atoms with Gasteiger partial charge in [-0.15, -0.1) is 0 Å². The largest absolute Gasteiger partial charge is 0.488 e. The third-order valence-electron chi connectivity index (χ3n) is 5.31. The number of hydrogen-bond acceptors (Lipinski definition) is 4. The number of benzene rings is 2. The van der Waals surface area contributed by atoms with Crippen molar-refractivity contribution >= 4 is 63.5 Å². The van der Waals surface area contributed by atoms with Crippen molar-refractivity contribution in [1.82, 2.24) is 4.90 Å². The topological polar surface area (TPSA) is 29.5 Å². The predicted molar refractivity (Wildman–Crippen MR) is 129 cm³/mol. The van der Waals surface area contributed by atoms with E-state index < -0.39 is 0 Å². The first-order valence-electron chi connectivity index (χ1n) is 9.95. The lowest BCUT2D eigenvalue weighted by Gasteiger charge is -2.29. The maximum absolute atomic E-state index is 13.1. The SMILES string of the molecule is O=C1/C(=C/c2cc(Cl)ccc2OCc2cccc(Cl)c2)SC(=S)N1C1CCCCC1. The summed E-state index contributed by atoms with van der Waals surface area (Å²) in [7, 11) is 0. The number of halogens is 2. The fourth-order valence-corrected chi connectivity index (χ4v) is 5.61. The second kappa shape index (κ2) is 9.73. The molecule has 0 radical (unpaired) electrons. The fourth-order valence-electron chi connectivity index (χ4n) is 3.83. The second-order valence-electron chi connectivity index (χ2n) is 7.44. The molecule has 0 N–H and O–H groups in total. The lowest BCUT2D eigenvalue weighted by Crippen LogP contribution is -2.39. The van der Waals surface area contributed by atoms with Crippen molar-refractivity contribution in [2.24, 2.45) is 0 Å². The van der Waals surface area contributed by atoms with E-state index in [1.807, 2.05) is 47.4 Å². The molecule has 0 bridgehead atoms. The van der Waals surface area contributed by atoms with E-state index in [4.69, 9.17) is 40.2 Å². The van der Waals surface area contributed by atoms with Gasteiger partial charge in [0.25, 0.3) is 5.91 Å². The minimum atomic E-state index is -0.0160. The van der Waals surface area contributed by atoms with E-state index in [1.165, 1.54) is 18.2 Å². The molecular weight excluding hydrogens is 457 g/mol. The van der Waals surface area contributed by atoms with Gasteiger partial charge >= 0.3 is 0 Å². The minimum Gasteiger partial charge on any atom is -0.488 e. The van der Waals surface area contributed by atoms with Gasteiger partial charge in [-0.25, -0.2) is 0 Å². The summed E-state index contributed by atoms with van der Waals surface area (Å²) in [6.45, 7) is 0.367. The maximum atomic E-state index is 13.1. The molecule has 1 saturated heterocycles. The Kier molecular flexibility index (Phi) is 7.04. The number of nitrogens with zero attached hydrogens (tertiary/aromatic N) is 1. The highest BCUT2D eigenvalue weighted by atomic mass is 35.5. The summed E-state index contributed by atoms with van der Waals surface area (Å²) in [6.07, 6.45) is 7.40. The summed E-state index contributed by atoms with van der Waals surface area (Å²) in [6, 6.07) is 13.2. The number of hydrogen-bond donors (Lipinski definition) is 0. The third kappa shape index (κ3) is 5.02. The molecule has 1 aliphatic heterocycles. The highest BCUT2D eigenvalue weighted by molar-refractivity contribution is 8.26. The van der Waals surface area contributed by atoms with E-state index in [0.29, 0.717) is 31.6 Å². The van der Waals surface area contributed by atoms with Crippen LogP contribution in [0.25, 0.3) is 6.08 Å². The molecule has 2 aromatic rings. The summed E-state index contributed by atoms with van der Waals surface area (Å²) in [4.78, 5) is 15.5. The number of amides is 1. The van der Waals surface area contributed by atoms with E-state index in [0.717, 1.165) is 36.8 Å². The average Bonchev–Trinajstić information content (AvgIpc) is 3.01. The smallest absolute Gasteiger partial charge is 0.266 e. The van der Waals surface area contributed by atoms with Crippen LogP contribution in [0.15, 0.2) is 47.4 Å². The van der Waals surface area contributed by atoms with Gasteiger partial charge in [-0.05, 0) is 54.8 Å².